The van der Waals surface area contributed by atoms with Gasteiger partial charge in [-0.3, -0.25) is 4.79 Å². The zero-order valence-electron chi connectivity index (χ0n) is 7.82. The maximum absolute atomic E-state index is 10.8. The molecule has 5 heteroatoms. The molecule has 0 aliphatic carbocycles. The van der Waals surface area contributed by atoms with Crippen LogP contribution in [-0.2, 0) is 9.53 Å². The van der Waals surface area contributed by atoms with Gasteiger partial charge in [-0.15, -0.1) is 0 Å². The predicted molar refractivity (Wildman–Crippen MR) is 47.2 cm³/mol. The third kappa shape index (κ3) is 7.70. The zero-order valence-corrected chi connectivity index (χ0v) is 7.82. The van der Waals surface area contributed by atoms with E-state index < -0.39 is 0 Å². The second-order valence-electron chi connectivity index (χ2n) is 2.73. The first-order valence-electron chi connectivity index (χ1n) is 4.31. The number of aliphatic hydroxyl groups is 2. The molecule has 1 unspecified atom stereocenters. The second kappa shape index (κ2) is 7.97. The SMILES string of the molecule is CC(CO)NCCC(=O)OCCO. The molecule has 13 heavy (non-hydrogen) atoms. The van der Waals surface area contributed by atoms with Crippen molar-refractivity contribution in [2.24, 2.45) is 0 Å². The molecule has 0 heterocycles. The molecular formula is C8H17NO4. The van der Waals surface area contributed by atoms with Crippen LogP contribution in [0.3, 0.4) is 0 Å². The van der Waals surface area contributed by atoms with Gasteiger partial charge in [0.15, 0.2) is 0 Å². The monoisotopic (exact) mass is 191 g/mol. The van der Waals surface area contributed by atoms with Gasteiger partial charge in [0.25, 0.3) is 0 Å². The highest BCUT2D eigenvalue weighted by molar-refractivity contribution is 5.69. The van der Waals surface area contributed by atoms with Gasteiger partial charge in [0.05, 0.1) is 19.6 Å². The van der Waals surface area contributed by atoms with E-state index >= 15 is 0 Å². The number of aliphatic hydroxyl groups excluding tert-OH is 2. The van der Waals surface area contributed by atoms with E-state index in [0.717, 1.165) is 0 Å². The van der Waals surface area contributed by atoms with Crippen LogP contribution in [0.15, 0.2) is 0 Å². The van der Waals surface area contributed by atoms with Crippen molar-refractivity contribution in [1.29, 1.82) is 0 Å². The number of rotatable bonds is 7. The van der Waals surface area contributed by atoms with Gasteiger partial charge in [-0.25, -0.2) is 0 Å². The molecule has 5 nitrogen and oxygen atoms in total. The van der Waals surface area contributed by atoms with E-state index in [2.05, 4.69) is 10.1 Å². The second-order valence-corrected chi connectivity index (χ2v) is 2.73. The Morgan fingerprint density at radius 2 is 2.23 bits per heavy atom. The molecule has 0 saturated heterocycles. The quantitative estimate of drug-likeness (QED) is 0.444. The fourth-order valence-electron chi connectivity index (χ4n) is 0.717. The van der Waals surface area contributed by atoms with E-state index in [1.165, 1.54) is 0 Å². The van der Waals surface area contributed by atoms with E-state index in [1.807, 2.05) is 6.92 Å². The Morgan fingerprint density at radius 1 is 1.54 bits per heavy atom. The summed E-state index contributed by atoms with van der Waals surface area (Å²) in [5.41, 5.74) is 0. The molecule has 0 aliphatic heterocycles. The molecule has 0 rings (SSSR count). The van der Waals surface area contributed by atoms with Gasteiger partial charge in [0.1, 0.15) is 6.61 Å². The molecule has 78 valence electrons. The molecule has 0 amide bonds. The van der Waals surface area contributed by atoms with Gasteiger partial charge in [-0.2, -0.15) is 0 Å². The summed E-state index contributed by atoms with van der Waals surface area (Å²) in [7, 11) is 0. The van der Waals surface area contributed by atoms with Crippen molar-refractivity contribution in [2.45, 2.75) is 19.4 Å². The topological polar surface area (TPSA) is 78.8 Å². The van der Waals surface area contributed by atoms with Crippen molar-refractivity contribution in [3.05, 3.63) is 0 Å². The summed E-state index contributed by atoms with van der Waals surface area (Å²) in [5, 5.41) is 19.9. The fraction of sp³-hybridized carbons (Fsp3) is 0.875. The summed E-state index contributed by atoms with van der Waals surface area (Å²) >= 11 is 0. The average Bonchev–Trinajstić information content (AvgIpc) is 2.14. The lowest BCUT2D eigenvalue weighted by Gasteiger charge is -2.09. The number of hydrogen-bond donors (Lipinski definition) is 3. The van der Waals surface area contributed by atoms with Crippen LogP contribution in [0.2, 0.25) is 0 Å². The van der Waals surface area contributed by atoms with Crippen LogP contribution in [0, 0.1) is 0 Å². The van der Waals surface area contributed by atoms with Crippen molar-refractivity contribution in [1.82, 2.24) is 5.32 Å². The van der Waals surface area contributed by atoms with E-state index in [0.29, 0.717) is 6.54 Å². The average molecular weight is 191 g/mol. The van der Waals surface area contributed by atoms with Crippen molar-refractivity contribution in [3.8, 4) is 0 Å². The third-order valence-electron chi connectivity index (χ3n) is 1.45. The molecule has 0 bridgehead atoms. The molecule has 0 saturated carbocycles. The van der Waals surface area contributed by atoms with Crippen LogP contribution in [0.4, 0.5) is 0 Å². The predicted octanol–water partition coefficient (Wildman–Crippen LogP) is -1.12. The highest BCUT2D eigenvalue weighted by atomic mass is 16.5. The highest BCUT2D eigenvalue weighted by Crippen LogP contribution is 1.86. The minimum Gasteiger partial charge on any atom is -0.463 e. The van der Waals surface area contributed by atoms with E-state index in [1.54, 1.807) is 0 Å². The van der Waals surface area contributed by atoms with Gasteiger partial charge in [0.2, 0.25) is 0 Å². The Balaban J connectivity index is 3.26. The first-order chi connectivity index (χ1) is 6.20. The zero-order chi connectivity index (χ0) is 10.1. The summed E-state index contributed by atoms with van der Waals surface area (Å²) in [5.74, 6) is -0.341. The molecule has 0 aliphatic rings. The minimum absolute atomic E-state index is 0.00866. The van der Waals surface area contributed by atoms with Gasteiger partial charge < -0.3 is 20.3 Å². The van der Waals surface area contributed by atoms with E-state index in [-0.39, 0.29) is 38.3 Å². The number of esters is 1. The number of ether oxygens (including phenoxy) is 1. The van der Waals surface area contributed by atoms with Crippen molar-refractivity contribution < 1.29 is 19.7 Å². The lowest BCUT2D eigenvalue weighted by atomic mass is 10.3. The Kier molecular flexibility index (Phi) is 7.57. The van der Waals surface area contributed by atoms with Crippen molar-refractivity contribution >= 4 is 5.97 Å². The van der Waals surface area contributed by atoms with Crippen molar-refractivity contribution in [2.75, 3.05) is 26.4 Å². The summed E-state index contributed by atoms with van der Waals surface area (Å²) in [4.78, 5) is 10.8. The smallest absolute Gasteiger partial charge is 0.307 e. The normalized spacial score (nSPS) is 12.5. The summed E-state index contributed by atoms with van der Waals surface area (Å²) in [6.45, 7) is 2.25. The highest BCUT2D eigenvalue weighted by Gasteiger charge is 2.03. The van der Waals surface area contributed by atoms with Gasteiger partial charge in [0, 0.05) is 12.6 Å². The van der Waals surface area contributed by atoms with Crippen LogP contribution in [-0.4, -0.2) is 48.6 Å². The molecular weight excluding hydrogens is 174 g/mol. The Hall–Kier alpha value is -0.650. The van der Waals surface area contributed by atoms with Gasteiger partial charge in [-0.05, 0) is 6.92 Å². The van der Waals surface area contributed by atoms with Gasteiger partial charge >= 0.3 is 5.97 Å². The summed E-state index contributed by atoms with van der Waals surface area (Å²) in [6.07, 6.45) is 0.254. The maximum Gasteiger partial charge on any atom is 0.307 e. The largest absolute Gasteiger partial charge is 0.463 e. The molecule has 0 aromatic rings. The molecule has 0 fully saturated rings. The van der Waals surface area contributed by atoms with Crippen LogP contribution >= 0.6 is 0 Å². The van der Waals surface area contributed by atoms with E-state index in [9.17, 15) is 4.79 Å². The number of hydrogen-bond acceptors (Lipinski definition) is 5. The lowest BCUT2D eigenvalue weighted by molar-refractivity contribution is -0.144. The molecule has 0 aromatic heterocycles. The van der Waals surface area contributed by atoms with Crippen LogP contribution in [0.5, 0.6) is 0 Å². The van der Waals surface area contributed by atoms with Crippen LogP contribution < -0.4 is 5.32 Å². The fourth-order valence-corrected chi connectivity index (χ4v) is 0.717. The van der Waals surface area contributed by atoms with Crippen molar-refractivity contribution in [3.63, 3.8) is 0 Å². The summed E-state index contributed by atoms with van der Waals surface area (Å²) in [6, 6.07) is -0.00866. The summed E-state index contributed by atoms with van der Waals surface area (Å²) < 4.78 is 4.62. The first kappa shape index (κ1) is 12.3. The van der Waals surface area contributed by atoms with Crippen LogP contribution in [0.1, 0.15) is 13.3 Å². The first-order valence-corrected chi connectivity index (χ1v) is 4.31. The molecule has 0 radical (unpaired) electrons. The molecule has 1 atom stereocenters. The number of carbonyl (C=O) groups excluding carboxylic acids is 1. The standard InChI is InChI=1S/C8H17NO4/c1-7(6-11)9-3-2-8(12)13-5-4-10/h7,9-11H,2-6H2,1H3. The number of nitrogens with one attached hydrogen (secondary N) is 1. The minimum atomic E-state index is -0.341. The lowest BCUT2D eigenvalue weighted by Crippen LogP contribution is -2.31. The maximum atomic E-state index is 10.8. The molecule has 0 aromatic carbocycles. The Morgan fingerprint density at radius 3 is 2.77 bits per heavy atom. The number of carbonyl (C=O) groups is 1. The Bertz CT molecular complexity index is 140. The molecule has 3 N–H and O–H groups in total. The van der Waals surface area contributed by atoms with Crippen LogP contribution in [0.25, 0.3) is 0 Å². The van der Waals surface area contributed by atoms with E-state index in [4.69, 9.17) is 10.2 Å². The third-order valence-corrected chi connectivity index (χ3v) is 1.45. The van der Waals surface area contributed by atoms with Gasteiger partial charge in [-0.1, -0.05) is 0 Å². The molecule has 0 spiro atoms. The Labute approximate surface area is 77.7 Å².